The Bertz CT molecular complexity index is 1400. The molecule has 5 rings (SSSR count). The normalized spacial score (nSPS) is 19.6. The largest absolute Gasteiger partial charge is 0.497 e. The number of hydrogen-bond acceptors (Lipinski definition) is 7. The number of nitrogens with zero attached hydrogens (tertiary/aromatic N) is 4. The van der Waals surface area contributed by atoms with Crippen LogP contribution in [0.3, 0.4) is 0 Å². The van der Waals surface area contributed by atoms with Gasteiger partial charge in [0.15, 0.2) is 5.17 Å². The first-order chi connectivity index (χ1) is 17.7. The summed E-state index contributed by atoms with van der Waals surface area (Å²) in [7, 11) is 1.32. The molecule has 0 unspecified atom stereocenters. The van der Waals surface area contributed by atoms with Gasteiger partial charge in [-0.15, -0.1) is 0 Å². The third-order valence-corrected chi connectivity index (χ3v) is 7.31. The second kappa shape index (κ2) is 10.2. The van der Waals surface area contributed by atoms with Crippen molar-refractivity contribution in [1.82, 2.24) is 20.0 Å². The number of aromatic nitrogens is 2. The fraction of sp³-hybridized carbons (Fsp3) is 0.320. The Kier molecular flexibility index (Phi) is 6.97. The van der Waals surface area contributed by atoms with E-state index in [-0.39, 0.29) is 36.4 Å². The van der Waals surface area contributed by atoms with Crippen LogP contribution in [0.1, 0.15) is 16.7 Å². The monoisotopic (exact) mass is 531 g/mol. The van der Waals surface area contributed by atoms with Gasteiger partial charge in [-0.3, -0.25) is 9.48 Å². The van der Waals surface area contributed by atoms with E-state index < -0.39 is 11.7 Å². The van der Waals surface area contributed by atoms with Crippen LogP contribution >= 0.6 is 11.8 Å². The van der Waals surface area contributed by atoms with Gasteiger partial charge in [0.05, 0.1) is 42.4 Å². The van der Waals surface area contributed by atoms with Gasteiger partial charge < -0.3 is 20.1 Å². The Morgan fingerprint density at radius 3 is 2.86 bits per heavy atom. The minimum Gasteiger partial charge on any atom is -0.497 e. The molecule has 1 fully saturated rings. The third-order valence-electron chi connectivity index (χ3n) is 6.26. The van der Waals surface area contributed by atoms with E-state index in [0.717, 1.165) is 17.0 Å². The number of methoxy groups -OCH3 is 1. The quantitative estimate of drug-likeness (QED) is 0.488. The Balaban J connectivity index is 1.35. The van der Waals surface area contributed by atoms with E-state index in [1.807, 2.05) is 11.0 Å². The van der Waals surface area contributed by atoms with Gasteiger partial charge in [0.1, 0.15) is 5.75 Å². The predicted octanol–water partition coefficient (Wildman–Crippen LogP) is 3.35. The van der Waals surface area contributed by atoms with Crippen molar-refractivity contribution in [3.63, 3.8) is 0 Å². The summed E-state index contributed by atoms with van der Waals surface area (Å²) in [6.45, 7) is 1.90. The fourth-order valence-electron chi connectivity index (χ4n) is 4.37. The lowest BCUT2D eigenvalue weighted by Crippen LogP contribution is -2.53. The molecule has 1 saturated heterocycles. The summed E-state index contributed by atoms with van der Waals surface area (Å²) in [4.78, 5) is 19.2. The number of piperazine rings is 1. The highest BCUT2D eigenvalue weighted by atomic mass is 32.2. The summed E-state index contributed by atoms with van der Waals surface area (Å²) in [6, 6.07) is 9.23. The molecule has 1 aromatic heterocycles. The van der Waals surface area contributed by atoms with Crippen LogP contribution < -0.4 is 10.1 Å². The van der Waals surface area contributed by atoms with Crippen LogP contribution in [-0.4, -0.2) is 70.3 Å². The van der Waals surface area contributed by atoms with E-state index in [1.165, 1.54) is 35.7 Å². The van der Waals surface area contributed by atoms with E-state index in [9.17, 15) is 23.1 Å². The molecule has 0 saturated carbocycles. The number of rotatable bonds is 5. The molecule has 3 heterocycles. The maximum Gasteiger partial charge on any atom is 0.416 e. The van der Waals surface area contributed by atoms with Gasteiger partial charge >= 0.3 is 6.18 Å². The van der Waals surface area contributed by atoms with Crippen molar-refractivity contribution in [2.45, 2.75) is 18.8 Å². The summed E-state index contributed by atoms with van der Waals surface area (Å²) < 4.78 is 47.3. The van der Waals surface area contributed by atoms with Crippen molar-refractivity contribution < 1.29 is 27.8 Å². The minimum absolute atomic E-state index is 0.00870. The van der Waals surface area contributed by atoms with E-state index in [2.05, 4.69) is 15.4 Å². The van der Waals surface area contributed by atoms with Crippen LogP contribution in [0, 0.1) is 0 Å². The van der Waals surface area contributed by atoms with Crippen molar-refractivity contribution in [3.8, 4) is 5.75 Å². The van der Waals surface area contributed by atoms with Crippen molar-refractivity contribution in [3.05, 3.63) is 64.2 Å². The highest BCUT2D eigenvalue weighted by molar-refractivity contribution is 8.18. The van der Waals surface area contributed by atoms with Crippen LogP contribution in [-0.2, 0) is 17.5 Å². The average Bonchev–Trinajstić information content (AvgIpc) is 3.46. The first kappa shape index (κ1) is 25.3. The van der Waals surface area contributed by atoms with Crippen LogP contribution in [0.25, 0.3) is 17.0 Å². The maximum atomic E-state index is 13.6. The molecule has 1 atom stereocenters. The van der Waals surface area contributed by atoms with E-state index in [4.69, 9.17) is 4.74 Å². The number of alkyl halides is 3. The highest BCUT2D eigenvalue weighted by Crippen LogP contribution is 2.35. The molecule has 2 N–H and O–H groups in total. The molecular formula is C25H24F3N5O3S. The van der Waals surface area contributed by atoms with Gasteiger partial charge in [-0.1, -0.05) is 12.1 Å². The lowest BCUT2D eigenvalue weighted by atomic mass is 10.1. The number of amides is 1. The number of aliphatic imine (C=N–C) groups is 1. The predicted molar refractivity (Wildman–Crippen MR) is 135 cm³/mol. The third kappa shape index (κ3) is 5.36. The van der Waals surface area contributed by atoms with Gasteiger partial charge in [0.2, 0.25) is 0 Å². The number of hydrogen-bond donors (Lipinski definition) is 2. The maximum absolute atomic E-state index is 13.6. The standard InChI is InChI=1S/C25H24F3N5O3S/c1-36-19-4-3-16(20(10-19)25(26,27)28)12-33-21-5-2-15(8-17(21)11-30-33)9-22-23(35)31-24(37-22)32-7-6-29-18(13-32)14-34/h2-5,8-11,18,29,34H,6-7,12-14H2,1H3/b22-9-/t18-/m1/s1. The zero-order chi connectivity index (χ0) is 26.2. The Morgan fingerprint density at radius 2 is 2.11 bits per heavy atom. The number of carbonyl (C=O) groups is 1. The van der Waals surface area contributed by atoms with E-state index >= 15 is 0 Å². The fourth-order valence-corrected chi connectivity index (χ4v) is 5.32. The summed E-state index contributed by atoms with van der Waals surface area (Å²) in [6.07, 6.45) is -1.19. The molecular weight excluding hydrogens is 507 g/mol. The molecule has 0 radical (unpaired) electrons. The van der Waals surface area contributed by atoms with Crippen molar-refractivity contribution in [2.75, 3.05) is 33.4 Å². The first-order valence-corrected chi connectivity index (χ1v) is 12.4. The van der Waals surface area contributed by atoms with Crippen LogP contribution in [0.15, 0.2) is 52.5 Å². The number of ether oxygens (including phenoxy) is 1. The number of nitrogens with one attached hydrogen (secondary N) is 1. The molecule has 1 amide bonds. The van der Waals surface area contributed by atoms with Gasteiger partial charge in [-0.25, -0.2) is 0 Å². The van der Waals surface area contributed by atoms with Crippen molar-refractivity contribution in [2.24, 2.45) is 4.99 Å². The molecule has 194 valence electrons. The molecule has 12 heteroatoms. The number of amidine groups is 1. The molecule has 0 spiro atoms. The van der Waals surface area contributed by atoms with Crippen LogP contribution in [0.2, 0.25) is 0 Å². The molecule has 2 aromatic carbocycles. The van der Waals surface area contributed by atoms with E-state index in [1.54, 1.807) is 24.4 Å². The zero-order valence-electron chi connectivity index (χ0n) is 19.8. The van der Waals surface area contributed by atoms with Gasteiger partial charge in [0, 0.05) is 31.1 Å². The SMILES string of the molecule is COc1ccc(Cn2ncc3cc(/C=C4\SC(N5CCN[C@@H](CO)C5)=NC4=O)ccc32)c(C(F)(F)F)c1. The Labute approximate surface area is 214 Å². The lowest BCUT2D eigenvalue weighted by molar-refractivity contribution is -0.138. The Morgan fingerprint density at radius 1 is 1.27 bits per heavy atom. The zero-order valence-corrected chi connectivity index (χ0v) is 20.6. The van der Waals surface area contributed by atoms with Gasteiger partial charge in [-0.2, -0.15) is 23.3 Å². The summed E-state index contributed by atoms with van der Waals surface area (Å²) in [5.41, 5.74) is 0.746. The van der Waals surface area contributed by atoms with Crippen molar-refractivity contribution in [1.29, 1.82) is 0 Å². The minimum atomic E-state index is -4.53. The van der Waals surface area contributed by atoms with Gasteiger partial charge in [0.25, 0.3) is 5.91 Å². The highest BCUT2D eigenvalue weighted by Gasteiger charge is 2.34. The molecule has 2 aliphatic heterocycles. The summed E-state index contributed by atoms with van der Waals surface area (Å²) in [5.74, 6) is -0.190. The van der Waals surface area contributed by atoms with Crippen molar-refractivity contribution >= 4 is 39.8 Å². The summed E-state index contributed by atoms with van der Waals surface area (Å²) >= 11 is 1.29. The number of aliphatic hydroxyl groups is 1. The van der Waals surface area contributed by atoms with Gasteiger partial charge in [-0.05, 0) is 53.2 Å². The molecule has 8 nitrogen and oxygen atoms in total. The molecule has 0 aliphatic carbocycles. The second-order valence-corrected chi connectivity index (χ2v) is 9.74. The molecule has 0 bridgehead atoms. The van der Waals surface area contributed by atoms with Crippen LogP contribution in [0.5, 0.6) is 5.75 Å². The number of thioether (sulfide) groups is 1. The summed E-state index contributed by atoms with van der Waals surface area (Å²) in [5, 5.41) is 18.3. The topological polar surface area (TPSA) is 92.0 Å². The number of carbonyl (C=O) groups excluding carboxylic acids is 1. The smallest absolute Gasteiger partial charge is 0.416 e. The number of aliphatic hydroxyl groups excluding tert-OH is 1. The second-order valence-electron chi connectivity index (χ2n) is 8.73. The molecule has 37 heavy (non-hydrogen) atoms. The first-order valence-electron chi connectivity index (χ1n) is 11.6. The molecule has 2 aliphatic rings. The number of halogens is 3. The lowest BCUT2D eigenvalue weighted by Gasteiger charge is -2.33. The number of benzene rings is 2. The van der Waals surface area contributed by atoms with E-state index in [0.29, 0.717) is 35.2 Å². The van der Waals surface area contributed by atoms with Crippen LogP contribution in [0.4, 0.5) is 13.2 Å². The molecule has 3 aromatic rings. The average molecular weight is 532 g/mol. The Hall–Kier alpha value is -3.35. The number of fused-ring (bicyclic) bond motifs is 1.